The number of carbonyl (C=O) groups excluding carboxylic acids is 1. The fraction of sp³-hybridized carbons (Fsp3) is 0.611. The number of fused-ring (bicyclic) bond motifs is 2. The highest BCUT2D eigenvalue weighted by Crippen LogP contribution is 2.56. The number of hydrogen-bond donors (Lipinski definition) is 1. The Kier molecular flexibility index (Phi) is 3.81. The van der Waals surface area contributed by atoms with Gasteiger partial charge in [-0.05, 0) is 37.2 Å². The smallest absolute Gasteiger partial charge is 0.256 e. The standard InChI is InChI=1S/C18H25N3O4/c1-20-12-9-15(25-19)14(23-2)8-11(12)16(22)21-7-6-18(4-5-18)10-13(21)17(20)24-3/h8-9,13,17H,4-7,10,19H2,1-3H3/t13-,17-/m0/s1. The highest BCUT2D eigenvalue weighted by atomic mass is 16.6. The third kappa shape index (κ3) is 2.45. The summed E-state index contributed by atoms with van der Waals surface area (Å²) in [5.41, 5.74) is 1.76. The number of anilines is 1. The molecule has 2 aliphatic heterocycles. The van der Waals surface area contributed by atoms with Gasteiger partial charge in [0, 0.05) is 26.8 Å². The molecule has 1 saturated heterocycles. The number of benzene rings is 1. The van der Waals surface area contributed by atoms with Crippen LogP contribution in [-0.4, -0.2) is 50.9 Å². The van der Waals surface area contributed by atoms with Crippen molar-refractivity contribution in [1.29, 1.82) is 0 Å². The fourth-order valence-electron chi connectivity index (χ4n) is 4.45. The van der Waals surface area contributed by atoms with Gasteiger partial charge in [0.2, 0.25) is 0 Å². The molecule has 136 valence electrons. The fourth-order valence-corrected chi connectivity index (χ4v) is 4.45. The van der Waals surface area contributed by atoms with Crippen molar-refractivity contribution in [2.75, 3.05) is 32.7 Å². The molecule has 1 aromatic carbocycles. The van der Waals surface area contributed by atoms with E-state index in [2.05, 4.69) is 0 Å². The van der Waals surface area contributed by atoms with Crippen LogP contribution in [0.15, 0.2) is 12.1 Å². The first kappa shape index (κ1) is 16.5. The van der Waals surface area contributed by atoms with E-state index in [4.69, 9.17) is 20.2 Å². The van der Waals surface area contributed by atoms with Gasteiger partial charge >= 0.3 is 0 Å². The largest absolute Gasteiger partial charge is 0.493 e. The molecular formula is C18H25N3O4. The molecule has 3 aliphatic rings. The summed E-state index contributed by atoms with van der Waals surface area (Å²) in [7, 11) is 5.19. The summed E-state index contributed by atoms with van der Waals surface area (Å²) in [6, 6.07) is 3.51. The zero-order valence-corrected chi connectivity index (χ0v) is 14.9. The maximum atomic E-state index is 13.3. The van der Waals surface area contributed by atoms with E-state index in [9.17, 15) is 4.79 Å². The molecule has 1 amide bonds. The Labute approximate surface area is 147 Å². The van der Waals surface area contributed by atoms with Crippen molar-refractivity contribution in [2.24, 2.45) is 11.3 Å². The maximum absolute atomic E-state index is 13.3. The van der Waals surface area contributed by atoms with Crippen molar-refractivity contribution in [2.45, 2.75) is 38.0 Å². The summed E-state index contributed by atoms with van der Waals surface area (Å²) in [6.45, 7) is 0.772. The molecule has 2 fully saturated rings. The molecule has 1 aliphatic carbocycles. The summed E-state index contributed by atoms with van der Waals surface area (Å²) in [4.78, 5) is 22.2. The molecule has 0 unspecified atom stereocenters. The minimum atomic E-state index is -0.206. The number of methoxy groups -OCH3 is 2. The van der Waals surface area contributed by atoms with E-state index in [1.165, 1.54) is 20.0 Å². The monoisotopic (exact) mass is 347 g/mol. The van der Waals surface area contributed by atoms with E-state index in [1.54, 1.807) is 19.2 Å². The highest BCUT2D eigenvalue weighted by molar-refractivity contribution is 6.01. The first-order valence-electron chi connectivity index (χ1n) is 8.69. The SMILES string of the molecule is COc1cc2c(cc1ON)N(C)[C@@H](OC)[C@@H]1CC3(CCN1C2=O)CC3. The van der Waals surface area contributed by atoms with Crippen LogP contribution >= 0.6 is 0 Å². The first-order valence-corrected chi connectivity index (χ1v) is 8.69. The number of ether oxygens (including phenoxy) is 2. The normalized spacial score (nSPS) is 26.8. The van der Waals surface area contributed by atoms with Crippen molar-refractivity contribution in [1.82, 2.24) is 4.90 Å². The molecule has 0 aromatic heterocycles. The molecule has 2 atom stereocenters. The Hall–Kier alpha value is -1.99. The third-order valence-electron chi connectivity index (χ3n) is 6.12. The molecule has 0 bridgehead atoms. The van der Waals surface area contributed by atoms with Gasteiger partial charge in [0.15, 0.2) is 11.5 Å². The van der Waals surface area contributed by atoms with Crippen molar-refractivity contribution in [3.05, 3.63) is 17.7 Å². The molecule has 1 spiro atoms. The van der Waals surface area contributed by atoms with E-state index < -0.39 is 0 Å². The lowest BCUT2D eigenvalue weighted by molar-refractivity contribution is -0.00950. The van der Waals surface area contributed by atoms with Gasteiger partial charge in [-0.2, -0.15) is 5.90 Å². The van der Waals surface area contributed by atoms with Crippen LogP contribution in [0, 0.1) is 5.41 Å². The molecule has 7 heteroatoms. The topological polar surface area (TPSA) is 77.3 Å². The number of piperidine rings is 1. The quantitative estimate of drug-likeness (QED) is 0.840. The lowest BCUT2D eigenvalue weighted by Crippen LogP contribution is -2.55. The molecule has 0 radical (unpaired) electrons. The average Bonchev–Trinajstić information content (AvgIpc) is 3.39. The van der Waals surface area contributed by atoms with Crippen LogP contribution in [0.3, 0.4) is 0 Å². The number of likely N-dealkylation sites (N-methyl/N-ethyl adjacent to an activating group) is 1. The van der Waals surface area contributed by atoms with Crippen molar-refractivity contribution in [3.63, 3.8) is 0 Å². The average molecular weight is 347 g/mol. The highest BCUT2D eigenvalue weighted by Gasteiger charge is 2.53. The molecule has 4 rings (SSSR count). The first-order chi connectivity index (χ1) is 12.0. The Balaban J connectivity index is 1.82. The van der Waals surface area contributed by atoms with Gasteiger partial charge < -0.3 is 24.1 Å². The van der Waals surface area contributed by atoms with E-state index >= 15 is 0 Å². The van der Waals surface area contributed by atoms with Crippen LogP contribution in [0.2, 0.25) is 0 Å². The Morgan fingerprint density at radius 1 is 1.20 bits per heavy atom. The molecule has 2 N–H and O–H groups in total. The number of carbonyl (C=O) groups is 1. The zero-order valence-electron chi connectivity index (χ0n) is 14.9. The van der Waals surface area contributed by atoms with Crippen LogP contribution in [0.1, 0.15) is 36.0 Å². The van der Waals surface area contributed by atoms with Crippen molar-refractivity contribution in [3.8, 4) is 11.5 Å². The minimum Gasteiger partial charge on any atom is -0.493 e. The summed E-state index contributed by atoms with van der Waals surface area (Å²) in [6.07, 6.45) is 4.38. The number of nitrogens with two attached hydrogens (primary N) is 1. The van der Waals surface area contributed by atoms with Gasteiger partial charge in [-0.25, -0.2) is 0 Å². The minimum absolute atomic E-state index is 0.0174. The van der Waals surface area contributed by atoms with Crippen LogP contribution in [0.4, 0.5) is 5.69 Å². The van der Waals surface area contributed by atoms with Crippen molar-refractivity contribution < 1.29 is 19.1 Å². The molecular weight excluding hydrogens is 322 g/mol. The van der Waals surface area contributed by atoms with Crippen LogP contribution in [0.25, 0.3) is 0 Å². The van der Waals surface area contributed by atoms with Gasteiger partial charge in [-0.1, -0.05) is 0 Å². The lowest BCUT2D eigenvalue weighted by Gasteiger charge is -2.43. The second kappa shape index (κ2) is 5.78. The second-order valence-electron chi connectivity index (χ2n) is 7.40. The van der Waals surface area contributed by atoms with Crippen LogP contribution in [-0.2, 0) is 4.74 Å². The molecule has 7 nitrogen and oxygen atoms in total. The number of hydrogen-bond acceptors (Lipinski definition) is 6. The van der Waals surface area contributed by atoms with E-state index in [-0.39, 0.29) is 18.2 Å². The number of amides is 1. The number of rotatable bonds is 3. The van der Waals surface area contributed by atoms with Gasteiger partial charge in [0.1, 0.15) is 6.23 Å². The maximum Gasteiger partial charge on any atom is 0.256 e. The molecule has 1 aromatic rings. The third-order valence-corrected chi connectivity index (χ3v) is 6.12. The van der Waals surface area contributed by atoms with Crippen LogP contribution in [0.5, 0.6) is 11.5 Å². The van der Waals surface area contributed by atoms with Gasteiger partial charge in [-0.3, -0.25) is 4.79 Å². The summed E-state index contributed by atoms with van der Waals surface area (Å²) in [5.74, 6) is 6.25. The second-order valence-corrected chi connectivity index (χ2v) is 7.40. The Morgan fingerprint density at radius 2 is 1.96 bits per heavy atom. The van der Waals surface area contributed by atoms with Gasteiger partial charge in [0.25, 0.3) is 5.91 Å². The summed E-state index contributed by atoms with van der Waals surface area (Å²) in [5, 5.41) is 0. The number of nitrogens with zero attached hydrogens (tertiary/aromatic N) is 2. The lowest BCUT2D eigenvalue weighted by atomic mass is 9.87. The van der Waals surface area contributed by atoms with Gasteiger partial charge in [-0.15, -0.1) is 0 Å². The summed E-state index contributed by atoms with van der Waals surface area (Å²) >= 11 is 0. The molecule has 1 saturated carbocycles. The van der Waals surface area contributed by atoms with E-state index in [0.29, 0.717) is 22.5 Å². The molecule has 2 heterocycles. The zero-order chi connectivity index (χ0) is 17.8. The van der Waals surface area contributed by atoms with Crippen molar-refractivity contribution >= 4 is 11.6 Å². The predicted molar refractivity (Wildman–Crippen MR) is 92.7 cm³/mol. The van der Waals surface area contributed by atoms with Gasteiger partial charge in [0.05, 0.1) is 24.4 Å². The molecule has 25 heavy (non-hydrogen) atoms. The predicted octanol–water partition coefficient (Wildman–Crippen LogP) is 1.75. The van der Waals surface area contributed by atoms with E-state index in [1.807, 2.05) is 16.8 Å². The Bertz CT molecular complexity index is 704. The van der Waals surface area contributed by atoms with E-state index in [0.717, 1.165) is 25.1 Å². The summed E-state index contributed by atoms with van der Waals surface area (Å²) < 4.78 is 11.2. The Morgan fingerprint density at radius 3 is 2.56 bits per heavy atom. The van der Waals surface area contributed by atoms with Crippen LogP contribution < -0.4 is 20.4 Å².